The van der Waals surface area contributed by atoms with Gasteiger partial charge in [0, 0.05) is 10.0 Å². The fourth-order valence-electron chi connectivity index (χ4n) is 1.19. The minimum atomic E-state index is -1.17. The van der Waals surface area contributed by atoms with Gasteiger partial charge in [-0.1, -0.05) is 23.2 Å². The fourth-order valence-corrected chi connectivity index (χ4v) is 2.10. The third-order valence-corrected chi connectivity index (χ3v) is 2.82. The maximum atomic E-state index is 10.8. The Morgan fingerprint density at radius 1 is 1.24 bits per heavy atom. The Morgan fingerprint density at radius 2 is 1.82 bits per heavy atom. The summed E-state index contributed by atoms with van der Waals surface area (Å²) in [5.41, 5.74) is 0.303. The first-order valence-electron chi connectivity index (χ1n) is 4.30. The first-order valence-corrected chi connectivity index (χ1v) is 5.85. The van der Waals surface area contributed by atoms with Crippen LogP contribution in [-0.4, -0.2) is 26.1 Å². The van der Waals surface area contributed by atoms with E-state index in [1.54, 1.807) is 18.2 Å². The van der Waals surface area contributed by atoms with Crippen LogP contribution < -0.4 is 0 Å². The van der Waals surface area contributed by atoms with Crippen LogP contribution in [0.2, 0.25) is 10.0 Å². The van der Waals surface area contributed by atoms with Gasteiger partial charge in [0.2, 0.25) is 5.69 Å². The van der Waals surface area contributed by atoms with Gasteiger partial charge < -0.3 is 5.11 Å². The van der Waals surface area contributed by atoms with Crippen LogP contribution in [0.15, 0.2) is 22.8 Å². The lowest BCUT2D eigenvalue weighted by Gasteiger charge is -2.00. The Hall–Kier alpha value is -1.11. The van der Waals surface area contributed by atoms with Crippen molar-refractivity contribution in [1.82, 2.24) is 15.0 Å². The molecule has 0 atom stereocenters. The van der Waals surface area contributed by atoms with Crippen molar-refractivity contribution in [1.29, 1.82) is 0 Å². The summed E-state index contributed by atoms with van der Waals surface area (Å²) in [5, 5.41) is 17.4. The first-order chi connectivity index (χ1) is 7.97. The van der Waals surface area contributed by atoms with Gasteiger partial charge >= 0.3 is 5.97 Å². The molecule has 0 bridgehead atoms. The molecule has 1 heterocycles. The second-order valence-corrected chi connectivity index (χ2v) is 4.69. The van der Waals surface area contributed by atoms with E-state index in [-0.39, 0.29) is 10.3 Å². The molecule has 0 aliphatic rings. The van der Waals surface area contributed by atoms with Crippen molar-refractivity contribution >= 4 is 45.1 Å². The molecule has 0 spiro atoms. The Balaban J connectivity index is 2.53. The summed E-state index contributed by atoms with van der Waals surface area (Å²) in [6.07, 6.45) is 0. The van der Waals surface area contributed by atoms with E-state index in [4.69, 9.17) is 28.3 Å². The number of aromatic nitrogens is 3. The maximum Gasteiger partial charge on any atom is 0.359 e. The molecular formula is C9H4BrCl2N3O2. The fraction of sp³-hybridized carbons (Fsp3) is 0. The number of aromatic carboxylic acids is 1. The zero-order chi connectivity index (χ0) is 12.6. The molecule has 2 rings (SSSR count). The van der Waals surface area contributed by atoms with Crippen molar-refractivity contribution in [3.8, 4) is 5.69 Å². The molecule has 0 unspecified atom stereocenters. The molecule has 0 amide bonds. The lowest BCUT2D eigenvalue weighted by Crippen LogP contribution is -2.02. The first kappa shape index (κ1) is 12.3. The number of carboxylic acid groups (broad SMARTS) is 1. The molecule has 88 valence electrons. The van der Waals surface area contributed by atoms with E-state index in [9.17, 15) is 4.79 Å². The minimum absolute atomic E-state index is 0.140. The second-order valence-electron chi connectivity index (χ2n) is 3.06. The average Bonchev–Trinajstić information content (AvgIpc) is 2.59. The predicted octanol–water partition coefficient (Wildman–Crippen LogP) is 3.03. The topological polar surface area (TPSA) is 68.0 Å². The highest BCUT2D eigenvalue weighted by atomic mass is 79.9. The number of nitrogens with zero attached hydrogens (tertiary/aromatic N) is 3. The number of rotatable bonds is 2. The van der Waals surface area contributed by atoms with Crippen LogP contribution in [0.4, 0.5) is 0 Å². The molecule has 0 saturated carbocycles. The summed E-state index contributed by atoms with van der Waals surface area (Å²) < 4.78 is 0.140. The zero-order valence-electron chi connectivity index (χ0n) is 8.06. The molecule has 0 aliphatic carbocycles. The Morgan fingerprint density at radius 3 is 2.29 bits per heavy atom. The van der Waals surface area contributed by atoms with Gasteiger partial charge in [-0.15, -0.1) is 15.0 Å². The smallest absolute Gasteiger partial charge is 0.359 e. The number of hydrogen-bond donors (Lipinski definition) is 1. The summed E-state index contributed by atoms with van der Waals surface area (Å²) in [5.74, 6) is -1.17. The van der Waals surface area contributed by atoms with Crippen molar-refractivity contribution in [3.63, 3.8) is 0 Å². The van der Waals surface area contributed by atoms with Crippen LogP contribution in [0.1, 0.15) is 10.5 Å². The summed E-state index contributed by atoms with van der Waals surface area (Å²) >= 11 is 14.7. The van der Waals surface area contributed by atoms with Gasteiger partial charge in [-0.3, -0.25) is 0 Å². The van der Waals surface area contributed by atoms with E-state index in [2.05, 4.69) is 26.1 Å². The van der Waals surface area contributed by atoms with E-state index < -0.39 is 5.97 Å². The van der Waals surface area contributed by atoms with E-state index in [0.717, 1.165) is 4.80 Å². The highest BCUT2D eigenvalue weighted by Gasteiger charge is 2.16. The molecular weight excluding hydrogens is 333 g/mol. The SMILES string of the molecule is O=C(O)c1nn(-c2cc(Cl)cc(Cl)c2)nc1Br. The molecule has 8 heteroatoms. The predicted molar refractivity (Wildman–Crippen MR) is 66.0 cm³/mol. The monoisotopic (exact) mass is 335 g/mol. The Kier molecular flexibility index (Phi) is 3.37. The molecule has 0 saturated heterocycles. The molecule has 1 aromatic carbocycles. The van der Waals surface area contributed by atoms with Gasteiger partial charge in [-0.25, -0.2) is 4.79 Å². The summed E-state index contributed by atoms with van der Waals surface area (Å²) in [6.45, 7) is 0. The maximum absolute atomic E-state index is 10.8. The van der Waals surface area contributed by atoms with Gasteiger partial charge in [0.15, 0.2) is 4.60 Å². The molecule has 2 aromatic rings. The van der Waals surface area contributed by atoms with E-state index >= 15 is 0 Å². The second kappa shape index (κ2) is 4.64. The Bertz CT molecular complexity index is 580. The normalized spacial score (nSPS) is 10.5. The van der Waals surface area contributed by atoms with Crippen LogP contribution in [0, 0.1) is 0 Å². The molecule has 5 nitrogen and oxygen atoms in total. The quantitative estimate of drug-likeness (QED) is 0.915. The molecule has 17 heavy (non-hydrogen) atoms. The summed E-state index contributed by atoms with van der Waals surface area (Å²) in [6, 6.07) is 4.71. The van der Waals surface area contributed by atoms with Crippen molar-refractivity contribution in [2.75, 3.05) is 0 Å². The van der Waals surface area contributed by atoms with Gasteiger partial charge in [0.05, 0.1) is 5.69 Å². The highest BCUT2D eigenvalue weighted by molar-refractivity contribution is 9.10. The van der Waals surface area contributed by atoms with E-state index in [1.807, 2.05) is 0 Å². The molecule has 0 fully saturated rings. The van der Waals surface area contributed by atoms with Crippen LogP contribution in [0.5, 0.6) is 0 Å². The van der Waals surface area contributed by atoms with E-state index in [0.29, 0.717) is 15.7 Å². The Labute approximate surface area is 114 Å². The largest absolute Gasteiger partial charge is 0.476 e. The van der Waals surface area contributed by atoms with Crippen molar-refractivity contribution in [3.05, 3.63) is 38.5 Å². The number of carboxylic acids is 1. The number of carbonyl (C=O) groups is 1. The molecule has 0 aliphatic heterocycles. The number of benzene rings is 1. The zero-order valence-corrected chi connectivity index (χ0v) is 11.2. The van der Waals surface area contributed by atoms with Gasteiger partial charge in [0.1, 0.15) is 0 Å². The third-order valence-electron chi connectivity index (χ3n) is 1.85. The van der Waals surface area contributed by atoms with Crippen molar-refractivity contribution in [2.24, 2.45) is 0 Å². The number of halogens is 3. The van der Waals surface area contributed by atoms with Crippen molar-refractivity contribution in [2.45, 2.75) is 0 Å². The van der Waals surface area contributed by atoms with Gasteiger partial charge in [0.25, 0.3) is 0 Å². The van der Waals surface area contributed by atoms with Crippen LogP contribution in [-0.2, 0) is 0 Å². The van der Waals surface area contributed by atoms with Gasteiger partial charge in [-0.2, -0.15) is 0 Å². The molecule has 1 N–H and O–H groups in total. The minimum Gasteiger partial charge on any atom is -0.476 e. The standard InChI is InChI=1S/C9H4BrCl2N3O2/c10-8-7(9(16)17)13-15(14-8)6-2-4(11)1-5(12)3-6/h1-3H,(H,16,17). The highest BCUT2D eigenvalue weighted by Crippen LogP contribution is 2.22. The third kappa shape index (κ3) is 2.59. The van der Waals surface area contributed by atoms with E-state index in [1.165, 1.54) is 0 Å². The van der Waals surface area contributed by atoms with Crippen LogP contribution in [0.25, 0.3) is 5.69 Å². The average molecular weight is 337 g/mol. The van der Waals surface area contributed by atoms with Gasteiger partial charge in [-0.05, 0) is 34.1 Å². The lowest BCUT2D eigenvalue weighted by molar-refractivity contribution is 0.0689. The van der Waals surface area contributed by atoms with Crippen LogP contribution >= 0.6 is 39.1 Å². The van der Waals surface area contributed by atoms with Crippen LogP contribution in [0.3, 0.4) is 0 Å². The number of hydrogen-bond acceptors (Lipinski definition) is 3. The summed E-state index contributed by atoms with van der Waals surface area (Å²) in [7, 11) is 0. The summed E-state index contributed by atoms with van der Waals surface area (Å²) in [4.78, 5) is 11.9. The molecule has 0 radical (unpaired) electrons. The van der Waals surface area contributed by atoms with Crippen molar-refractivity contribution < 1.29 is 9.90 Å². The molecule has 1 aromatic heterocycles. The lowest BCUT2D eigenvalue weighted by atomic mass is 10.3.